The van der Waals surface area contributed by atoms with Crippen LogP contribution in [0.1, 0.15) is 10.5 Å². The number of rotatable bonds is 5. The first-order chi connectivity index (χ1) is 17.7. The summed E-state index contributed by atoms with van der Waals surface area (Å²) in [4.78, 5) is 22.6. The van der Waals surface area contributed by atoms with Gasteiger partial charge in [-0.3, -0.25) is 9.20 Å². The minimum Gasteiger partial charge on any atom is -0.437 e. The number of benzene rings is 3. The van der Waals surface area contributed by atoms with E-state index in [0.29, 0.717) is 6.07 Å². The molecule has 11 heteroatoms. The first-order valence-corrected chi connectivity index (χ1v) is 10.7. The number of fused-ring (bicyclic) bond motifs is 1. The van der Waals surface area contributed by atoms with E-state index in [1.54, 1.807) is 0 Å². The number of hydrogen-bond acceptors (Lipinski definition) is 4. The van der Waals surface area contributed by atoms with Gasteiger partial charge in [0.15, 0.2) is 17.3 Å². The molecule has 0 spiro atoms. The van der Waals surface area contributed by atoms with E-state index in [4.69, 9.17) is 4.74 Å². The average molecular weight is 510 g/mol. The third kappa shape index (κ3) is 4.35. The number of ether oxygens (including phenoxy) is 1. The molecule has 0 unspecified atom stereocenters. The molecular formula is C26H15F5N4O2. The van der Waals surface area contributed by atoms with E-state index < -0.39 is 46.2 Å². The Hall–Kier alpha value is -4.80. The van der Waals surface area contributed by atoms with Crippen LogP contribution >= 0.6 is 0 Å². The molecule has 0 saturated carbocycles. The minimum atomic E-state index is -1.43. The van der Waals surface area contributed by atoms with E-state index in [2.05, 4.69) is 9.97 Å². The van der Waals surface area contributed by atoms with Crippen molar-refractivity contribution in [1.82, 2.24) is 14.4 Å². The molecule has 37 heavy (non-hydrogen) atoms. The summed E-state index contributed by atoms with van der Waals surface area (Å²) in [5, 5.41) is 0. The molecule has 0 saturated heterocycles. The molecule has 0 atom stereocenters. The number of nitrogens with zero attached hydrogens (tertiary/aromatic N) is 4. The minimum absolute atomic E-state index is 0.0881. The first-order valence-electron chi connectivity index (χ1n) is 10.7. The second kappa shape index (κ2) is 9.34. The lowest BCUT2D eigenvalue weighted by Gasteiger charge is -2.19. The number of carbonyl (C=O) groups is 1. The molecule has 3 aromatic carbocycles. The topological polar surface area (TPSA) is 59.7 Å². The Morgan fingerprint density at radius 1 is 0.892 bits per heavy atom. The molecule has 2 heterocycles. The standard InChI is InChI=1S/C26H15F5N4O2/c1-34(20-10-9-18(21(30)22(20)31)17-8-5-15(28)13-19(17)29)25(36)23-24(33-26-32-11-2-12-35(23)26)37-16-6-3-14(27)4-7-16/h2-13H,1H3. The highest BCUT2D eigenvalue weighted by molar-refractivity contribution is 6.07. The third-order valence-corrected chi connectivity index (χ3v) is 5.55. The average Bonchev–Trinajstić information content (AvgIpc) is 3.24. The maximum absolute atomic E-state index is 15.1. The Bertz CT molecular complexity index is 1650. The molecule has 0 radical (unpaired) electrons. The van der Waals surface area contributed by atoms with Gasteiger partial charge in [0.05, 0.1) is 5.69 Å². The monoisotopic (exact) mass is 510 g/mol. The van der Waals surface area contributed by atoms with Crippen LogP contribution in [0.2, 0.25) is 0 Å². The van der Waals surface area contributed by atoms with Crippen molar-refractivity contribution in [2.45, 2.75) is 0 Å². The molecule has 5 rings (SSSR count). The quantitative estimate of drug-likeness (QED) is 0.266. The Kier molecular flexibility index (Phi) is 6.04. The van der Waals surface area contributed by atoms with E-state index >= 15 is 4.39 Å². The van der Waals surface area contributed by atoms with Gasteiger partial charge in [-0.15, -0.1) is 0 Å². The maximum atomic E-state index is 15.1. The zero-order valence-corrected chi connectivity index (χ0v) is 18.9. The van der Waals surface area contributed by atoms with Crippen molar-refractivity contribution in [3.05, 3.63) is 108 Å². The van der Waals surface area contributed by atoms with Gasteiger partial charge in [0, 0.05) is 36.6 Å². The molecule has 0 N–H and O–H groups in total. The lowest BCUT2D eigenvalue weighted by Crippen LogP contribution is -2.29. The van der Waals surface area contributed by atoms with Crippen LogP contribution in [0.15, 0.2) is 73.1 Å². The normalized spacial score (nSPS) is 11.1. The third-order valence-electron chi connectivity index (χ3n) is 5.55. The van der Waals surface area contributed by atoms with Crippen molar-refractivity contribution in [3.63, 3.8) is 0 Å². The number of aromatic nitrogens is 3. The summed E-state index contributed by atoms with van der Waals surface area (Å²) in [6.07, 6.45) is 2.91. The van der Waals surface area contributed by atoms with Gasteiger partial charge in [-0.1, -0.05) is 0 Å². The van der Waals surface area contributed by atoms with Gasteiger partial charge < -0.3 is 9.64 Å². The van der Waals surface area contributed by atoms with Crippen molar-refractivity contribution in [2.75, 3.05) is 11.9 Å². The summed E-state index contributed by atoms with van der Waals surface area (Å²) < 4.78 is 77.8. The van der Waals surface area contributed by atoms with Crippen LogP contribution < -0.4 is 9.64 Å². The first kappa shape index (κ1) is 23.9. The van der Waals surface area contributed by atoms with Crippen molar-refractivity contribution < 1.29 is 31.5 Å². The van der Waals surface area contributed by atoms with Crippen molar-refractivity contribution in [2.24, 2.45) is 0 Å². The fourth-order valence-electron chi connectivity index (χ4n) is 3.73. The van der Waals surface area contributed by atoms with Crippen molar-refractivity contribution in [3.8, 4) is 22.8 Å². The van der Waals surface area contributed by atoms with Gasteiger partial charge in [-0.25, -0.2) is 26.9 Å². The van der Waals surface area contributed by atoms with Gasteiger partial charge in [0.1, 0.15) is 23.2 Å². The number of amides is 1. The molecule has 1 amide bonds. The van der Waals surface area contributed by atoms with Gasteiger partial charge in [-0.2, -0.15) is 4.98 Å². The lowest BCUT2D eigenvalue weighted by molar-refractivity contribution is 0.0984. The highest BCUT2D eigenvalue weighted by atomic mass is 19.2. The predicted octanol–water partition coefficient (Wildman–Crippen LogP) is 6.16. The van der Waals surface area contributed by atoms with Crippen molar-refractivity contribution in [1.29, 1.82) is 0 Å². The number of imidazole rings is 1. The highest BCUT2D eigenvalue weighted by Crippen LogP contribution is 2.33. The Morgan fingerprint density at radius 3 is 2.32 bits per heavy atom. The molecule has 0 fully saturated rings. The van der Waals surface area contributed by atoms with Gasteiger partial charge in [0.25, 0.3) is 11.8 Å². The lowest BCUT2D eigenvalue weighted by atomic mass is 10.0. The van der Waals surface area contributed by atoms with Crippen LogP contribution in [0.4, 0.5) is 27.6 Å². The molecule has 0 aliphatic rings. The zero-order chi connectivity index (χ0) is 26.3. The zero-order valence-electron chi connectivity index (χ0n) is 18.9. The van der Waals surface area contributed by atoms with Crippen LogP contribution in [0, 0.1) is 29.1 Å². The summed E-state index contributed by atoms with van der Waals surface area (Å²) in [7, 11) is 1.20. The maximum Gasteiger partial charge on any atom is 0.280 e. The number of anilines is 1. The SMILES string of the molecule is CN(C(=O)c1c(Oc2ccc(F)cc2)nc2ncccn12)c1ccc(-c2ccc(F)cc2F)c(F)c1F. The second-order valence-corrected chi connectivity index (χ2v) is 7.86. The molecule has 2 aromatic heterocycles. The highest BCUT2D eigenvalue weighted by Gasteiger charge is 2.28. The van der Waals surface area contributed by atoms with Gasteiger partial charge in [-0.05, 0) is 54.6 Å². The van der Waals surface area contributed by atoms with Crippen molar-refractivity contribution >= 4 is 17.4 Å². The van der Waals surface area contributed by atoms with E-state index in [1.165, 1.54) is 42.0 Å². The Labute approximate surface area is 206 Å². The molecular weight excluding hydrogens is 495 g/mol. The summed E-state index contributed by atoms with van der Waals surface area (Å²) in [5.74, 6) is -6.07. The van der Waals surface area contributed by atoms with Crippen LogP contribution in [0.25, 0.3) is 16.9 Å². The fourth-order valence-corrected chi connectivity index (χ4v) is 3.73. The van der Waals surface area contributed by atoms with E-state index in [1.807, 2.05) is 0 Å². The van der Waals surface area contributed by atoms with Crippen LogP contribution in [-0.2, 0) is 0 Å². The fraction of sp³-hybridized carbons (Fsp3) is 0.0385. The molecule has 6 nitrogen and oxygen atoms in total. The van der Waals surface area contributed by atoms with E-state index in [0.717, 1.165) is 41.3 Å². The van der Waals surface area contributed by atoms with Gasteiger partial charge >= 0.3 is 0 Å². The number of halogens is 5. The molecule has 0 bridgehead atoms. The molecule has 0 aliphatic heterocycles. The summed E-state index contributed by atoms with van der Waals surface area (Å²) >= 11 is 0. The van der Waals surface area contributed by atoms with Crippen LogP contribution in [0.3, 0.4) is 0 Å². The van der Waals surface area contributed by atoms with E-state index in [-0.39, 0.29) is 28.7 Å². The van der Waals surface area contributed by atoms with Gasteiger partial charge in [0.2, 0.25) is 5.78 Å². The molecule has 186 valence electrons. The summed E-state index contributed by atoms with van der Waals surface area (Å²) in [6.45, 7) is 0. The van der Waals surface area contributed by atoms with E-state index in [9.17, 15) is 22.4 Å². The summed E-state index contributed by atoms with van der Waals surface area (Å²) in [5.41, 5.74) is -1.41. The van der Waals surface area contributed by atoms with Crippen LogP contribution in [0.5, 0.6) is 11.6 Å². The Morgan fingerprint density at radius 2 is 1.59 bits per heavy atom. The largest absolute Gasteiger partial charge is 0.437 e. The Balaban J connectivity index is 1.55. The smallest absolute Gasteiger partial charge is 0.280 e. The number of hydrogen-bond donors (Lipinski definition) is 0. The summed E-state index contributed by atoms with van der Waals surface area (Å²) in [6, 6.07) is 11.1. The molecule has 0 aliphatic carbocycles. The predicted molar refractivity (Wildman–Crippen MR) is 124 cm³/mol. The number of carbonyl (C=O) groups excluding carboxylic acids is 1. The molecule has 5 aromatic rings. The van der Waals surface area contributed by atoms with Crippen LogP contribution in [-0.4, -0.2) is 27.3 Å². The second-order valence-electron chi connectivity index (χ2n) is 7.86.